The van der Waals surface area contributed by atoms with Crippen LogP contribution in [0.3, 0.4) is 0 Å². The van der Waals surface area contributed by atoms with E-state index in [2.05, 4.69) is 0 Å². The van der Waals surface area contributed by atoms with E-state index < -0.39 is 0 Å². The summed E-state index contributed by atoms with van der Waals surface area (Å²) in [4.78, 5) is 0. The predicted octanol–water partition coefficient (Wildman–Crippen LogP) is -9.37. The molecular weight excluding hydrogens is 221 g/mol. The molecule has 24 valence electrons. The van der Waals surface area contributed by atoms with Crippen molar-refractivity contribution in [2.24, 2.45) is 0 Å². The van der Waals surface area contributed by atoms with E-state index in [0.717, 1.165) is 0 Å². The SMILES string of the molecule is [Br-].[Cl-].[Cl-].[Ga+3]. The van der Waals surface area contributed by atoms with Crippen LogP contribution >= 0.6 is 0 Å². The summed E-state index contributed by atoms with van der Waals surface area (Å²) in [6.07, 6.45) is 0. The summed E-state index contributed by atoms with van der Waals surface area (Å²) in [5.41, 5.74) is 0. The second-order valence-corrected chi connectivity index (χ2v) is 0. The summed E-state index contributed by atoms with van der Waals surface area (Å²) in [6, 6.07) is 0. The molecule has 4 heteroatoms. The third kappa shape index (κ3) is 9.34. The van der Waals surface area contributed by atoms with Gasteiger partial charge in [-0.3, -0.25) is 0 Å². The van der Waals surface area contributed by atoms with Crippen LogP contribution in [0.5, 0.6) is 0 Å². The van der Waals surface area contributed by atoms with Crippen LogP contribution in [0.1, 0.15) is 0 Å². The topological polar surface area (TPSA) is 0 Å². The Balaban J connectivity index is 0. The van der Waals surface area contributed by atoms with Crippen molar-refractivity contribution in [3.8, 4) is 0 Å². The molecule has 0 bridgehead atoms. The zero-order valence-corrected chi connectivity index (χ0v) is 7.23. The van der Waals surface area contributed by atoms with Crippen LogP contribution in [0, 0.1) is 0 Å². The first kappa shape index (κ1) is 43.7. The number of rotatable bonds is 0. The van der Waals surface area contributed by atoms with E-state index in [9.17, 15) is 0 Å². The molecule has 0 spiro atoms. The Morgan fingerprint density at radius 1 is 0.750 bits per heavy atom. The van der Waals surface area contributed by atoms with Crippen molar-refractivity contribution in [2.45, 2.75) is 0 Å². The number of halogens is 3. The maximum atomic E-state index is 0. The van der Waals surface area contributed by atoms with Gasteiger partial charge in [0.1, 0.15) is 0 Å². The Bertz CT molecular complexity index is 6.00. The minimum absolute atomic E-state index is 0. The largest absolute Gasteiger partial charge is 3.00 e. The van der Waals surface area contributed by atoms with Gasteiger partial charge in [-0.2, -0.15) is 0 Å². The van der Waals surface area contributed by atoms with Gasteiger partial charge in [-0.25, -0.2) is 0 Å². The molecule has 0 heterocycles. The van der Waals surface area contributed by atoms with Gasteiger partial charge in [0.25, 0.3) is 0 Å². The van der Waals surface area contributed by atoms with Gasteiger partial charge in [-0.1, -0.05) is 0 Å². The molecule has 0 radical (unpaired) electrons. The number of hydrogen-bond acceptors (Lipinski definition) is 0. The molecule has 0 aromatic rings. The second kappa shape index (κ2) is 22.3. The average molecular weight is 221 g/mol. The Morgan fingerprint density at radius 3 is 0.750 bits per heavy atom. The van der Waals surface area contributed by atoms with E-state index in [4.69, 9.17) is 0 Å². The minimum atomic E-state index is 0. The predicted molar refractivity (Wildman–Crippen MR) is 5.75 cm³/mol. The molecule has 0 aliphatic rings. The molecular formula is BrCl2Ga. The Labute approximate surface area is 61.4 Å². The van der Waals surface area contributed by atoms with Crippen molar-refractivity contribution in [2.75, 3.05) is 0 Å². The summed E-state index contributed by atoms with van der Waals surface area (Å²) < 4.78 is 0. The van der Waals surface area contributed by atoms with Crippen molar-refractivity contribution < 1.29 is 41.8 Å². The van der Waals surface area contributed by atoms with Crippen LogP contribution in [-0.4, -0.2) is 19.8 Å². The Morgan fingerprint density at radius 2 is 0.750 bits per heavy atom. The normalized spacial score (nSPS) is 0. The quantitative estimate of drug-likeness (QED) is 0.356. The first-order chi connectivity index (χ1) is 0. The molecule has 0 N–H and O–H groups in total. The smallest absolute Gasteiger partial charge is 1.00 e. The molecule has 0 saturated heterocycles. The fourth-order valence-electron chi connectivity index (χ4n) is 0. The second-order valence-electron chi connectivity index (χ2n) is 0. The third-order valence-electron chi connectivity index (χ3n) is 0. The van der Waals surface area contributed by atoms with Crippen molar-refractivity contribution >= 4 is 19.8 Å². The summed E-state index contributed by atoms with van der Waals surface area (Å²) in [5.74, 6) is 0. The fraction of sp³-hybridized carbons (Fsp3) is 0. The molecule has 0 aliphatic carbocycles. The van der Waals surface area contributed by atoms with E-state index in [0.29, 0.717) is 0 Å². The van der Waals surface area contributed by atoms with Crippen LogP contribution in [0.25, 0.3) is 0 Å². The third-order valence-corrected chi connectivity index (χ3v) is 0. The van der Waals surface area contributed by atoms with Crippen molar-refractivity contribution in [3.63, 3.8) is 0 Å². The van der Waals surface area contributed by atoms with Gasteiger partial charge in [0.05, 0.1) is 0 Å². The molecule has 0 aliphatic heterocycles. The van der Waals surface area contributed by atoms with Crippen molar-refractivity contribution in [3.05, 3.63) is 0 Å². The van der Waals surface area contributed by atoms with Crippen molar-refractivity contribution in [1.82, 2.24) is 0 Å². The van der Waals surface area contributed by atoms with Crippen LogP contribution in [0.2, 0.25) is 0 Å². The number of hydrogen-bond donors (Lipinski definition) is 0. The van der Waals surface area contributed by atoms with Crippen LogP contribution < -0.4 is 41.8 Å². The first-order valence-electron chi connectivity index (χ1n) is 0. The van der Waals surface area contributed by atoms with E-state index in [1.165, 1.54) is 0 Å². The zero-order chi connectivity index (χ0) is 0. The van der Waals surface area contributed by atoms with E-state index in [1.807, 2.05) is 0 Å². The monoisotopic (exact) mass is 218 g/mol. The summed E-state index contributed by atoms with van der Waals surface area (Å²) in [6.45, 7) is 0. The molecule has 0 aromatic heterocycles. The molecule has 0 amide bonds. The van der Waals surface area contributed by atoms with Crippen molar-refractivity contribution in [1.29, 1.82) is 0 Å². The average Bonchev–Trinajstić information content (AvgIpc) is 0. The van der Waals surface area contributed by atoms with Gasteiger partial charge < -0.3 is 41.8 Å². The summed E-state index contributed by atoms with van der Waals surface area (Å²) >= 11 is 0. The van der Waals surface area contributed by atoms with E-state index in [1.54, 1.807) is 0 Å². The standard InChI is InChI=1S/BrH.2ClH.Ga/h3*1H;/q;;;+3/p-3. The minimum Gasteiger partial charge on any atom is -1.00 e. The van der Waals surface area contributed by atoms with E-state index in [-0.39, 0.29) is 61.6 Å². The summed E-state index contributed by atoms with van der Waals surface area (Å²) in [5, 5.41) is 0. The van der Waals surface area contributed by atoms with Gasteiger partial charge in [0.2, 0.25) is 0 Å². The Kier molecular flexibility index (Phi) is 243. The van der Waals surface area contributed by atoms with Gasteiger partial charge in [0, 0.05) is 0 Å². The molecule has 0 rings (SSSR count). The molecule has 0 saturated carbocycles. The summed E-state index contributed by atoms with van der Waals surface area (Å²) in [7, 11) is 0. The fourth-order valence-corrected chi connectivity index (χ4v) is 0. The zero-order valence-electron chi connectivity index (χ0n) is 1.71. The van der Waals surface area contributed by atoms with Gasteiger partial charge in [0.15, 0.2) is 0 Å². The van der Waals surface area contributed by atoms with Crippen LogP contribution in [0.15, 0.2) is 0 Å². The van der Waals surface area contributed by atoms with Crippen LogP contribution in [0.4, 0.5) is 0 Å². The Hall–Kier alpha value is 1.70. The maximum absolute atomic E-state index is 0. The molecule has 0 aromatic carbocycles. The van der Waals surface area contributed by atoms with Gasteiger partial charge >= 0.3 is 19.8 Å². The molecule has 0 unspecified atom stereocenters. The maximum Gasteiger partial charge on any atom is 3.00 e. The molecule has 0 atom stereocenters. The molecule has 0 fully saturated rings. The van der Waals surface area contributed by atoms with E-state index >= 15 is 0 Å². The van der Waals surface area contributed by atoms with Crippen LogP contribution in [-0.2, 0) is 0 Å². The van der Waals surface area contributed by atoms with Gasteiger partial charge in [-0.15, -0.1) is 0 Å². The first-order valence-corrected chi connectivity index (χ1v) is 0. The molecule has 4 heavy (non-hydrogen) atoms. The van der Waals surface area contributed by atoms with Gasteiger partial charge in [-0.05, 0) is 0 Å². The molecule has 0 nitrogen and oxygen atoms in total.